The Morgan fingerprint density at radius 2 is 1.80 bits per heavy atom. The molecule has 0 aromatic heterocycles. The monoisotopic (exact) mass is 280 g/mol. The summed E-state index contributed by atoms with van der Waals surface area (Å²) in [7, 11) is 0. The van der Waals surface area contributed by atoms with E-state index in [0.29, 0.717) is 11.5 Å². The minimum Gasteiger partial charge on any atom is -0.389 e. The molecule has 0 spiro atoms. The highest BCUT2D eigenvalue weighted by Crippen LogP contribution is 2.40. The fourth-order valence-electron chi connectivity index (χ4n) is 4.38. The Labute approximate surface area is 124 Å². The van der Waals surface area contributed by atoms with E-state index in [1.807, 2.05) is 0 Å². The molecule has 0 radical (unpaired) electrons. The maximum atomic E-state index is 10.8. The first-order chi connectivity index (χ1) is 9.48. The van der Waals surface area contributed by atoms with Crippen LogP contribution in [0.1, 0.15) is 65.2 Å². The van der Waals surface area contributed by atoms with Gasteiger partial charge in [-0.25, -0.2) is 0 Å². The first-order valence-electron chi connectivity index (χ1n) is 8.67. The number of fused-ring (bicyclic) bond motifs is 1. The molecule has 0 aromatic carbocycles. The van der Waals surface area contributed by atoms with Gasteiger partial charge in [-0.3, -0.25) is 4.90 Å². The summed E-state index contributed by atoms with van der Waals surface area (Å²) < 4.78 is 0. The van der Waals surface area contributed by atoms with Crippen LogP contribution in [-0.2, 0) is 0 Å². The Morgan fingerprint density at radius 1 is 1.05 bits per heavy atom. The van der Waals surface area contributed by atoms with Gasteiger partial charge in [0.2, 0.25) is 0 Å². The molecule has 3 fully saturated rings. The average Bonchev–Trinajstić information content (AvgIpc) is 2.84. The van der Waals surface area contributed by atoms with Crippen molar-refractivity contribution < 1.29 is 5.11 Å². The predicted octanol–water partition coefficient (Wildman–Crippen LogP) is 2.53. The lowest BCUT2D eigenvalue weighted by Gasteiger charge is -2.41. The molecule has 0 amide bonds. The first kappa shape index (κ1) is 14.8. The van der Waals surface area contributed by atoms with E-state index in [4.69, 9.17) is 0 Å². The van der Waals surface area contributed by atoms with Gasteiger partial charge in [-0.05, 0) is 56.9 Å². The van der Waals surface area contributed by atoms with Crippen LogP contribution in [0.15, 0.2) is 0 Å². The summed E-state index contributed by atoms with van der Waals surface area (Å²) in [6.07, 6.45) is 9.63. The molecule has 0 aromatic rings. The zero-order valence-corrected chi connectivity index (χ0v) is 13.3. The predicted molar refractivity (Wildman–Crippen MR) is 82.8 cm³/mol. The molecule has 2 saturated heterocycles. The summed E-state index contributed by atoms with van der Waals surface area (Å²) in [5.74, 6) is 0. The summed E-state index contributed by atoms with van der Waals surface area (Å²) in [4.78, 5) is 2.66. The van der Waals surface area contributed by atoms with Gasteiger partial charge in [0.15, 0.2) is 0 Å². The van der Waals surface area contributed by atoms with Crippen molar-refractivity contribution in [2.75, 3.05) is 19.6 Å². The lowest BCUT2D eigenvalue weighted by Crippen LogP contribution is -2.51. The second-order valence-corrected chi connectivity index (χ2v) is 8.26. The highest BCUT2D eigenvalue weighted by Gasteiger charge is 2.39. The van der Waals surface area contributed by atoms with E-state index in [9.17, 15) is 5.11 Å². The second kappa shape index (κ2) is 5.58. The first-order valence-corrected chi connectivity index (χ1v) is 8.67. The van der Waals surface area contributed by atoms with E-state index >= 15 is 0 Å². The van der Waals surface area contributed by atoms with Gasteiger partial charge in [-0.1, -0.05) is 20.3 Å². The topological polar surface area (TPSA) is 35.5 Å². The normalized spacial score (nSPS) is 36.8. The summed E-state index contributed by atoms with van der Waals surface area (Å²) >= 11 is 0. The van der Waals surface area contributed by atoms with Gasteiger partial charge in [0.1, 0.15) is 0 Å². The van der Waals surface area contributed by atoms with Crippen LogP contribution in [0.3, 0.4) is 0 Å². The number of piperidine rings is 1. The van der Waals surface area contributed by atoms with Crippen molar-refractivity contribution >= 4 is 0 Å². The van der Waals surface area contributed by atoms with Gasteiger partial charge in [0, 0.05) is 25.2 Å². The van der Waals surface area contributed by atoms with Crippen LogP contribution in [0, 0.1) is 5.41 Å². The number of aliphatic hydroxyl groups is 1. The number of hydrogen-bond acceptors (Lipinski definition) is 3. The maximum absolute atomic E-state index is 10.8. The van der Waals surface area contributed by atoms with Crippen LogP contribution >= 0.6 is 0 Å². The van der Waals surface area contributed by atoms with Gasteiger partial charge in [-0.2, -0.15) is 0 Å². The standard InChI is InChI=1S/C17H32N2O/c1-16(2)7-9-17(20,10-8-16)13-18-14-6-12-19-11-4-3-5-15(14)19/h14-15,18,20H,3-13H2,1-2H3. The third-order valence-electron chi connectivity index (χ3n) is 6.08. The summed E-state index contributed by atoms with van der Waals surface area (Å²) in [6, 6.07) is 1.36. The molecule has 3 aliphatic rings. The fourth-order valence-corrected chi connectivity index (χ4v) is 4.38. The van der Waals surface area contributed by atoms with Gasteiger partial charge < -0.3 is 10.4 Å². The molecule has 1 saturated carbocycles. The Morgan fingerprint density at radius 3 is 2.55 bits per heavy atom. The van der Waals surface area contributed by atoms with E-state index in [1.165, 1.54) is 38.8 Å². The molecule has 2 N–H and O–H groups in total. The van der Waals surface area contributed by atoms with E-state index in [-0.39, 0.29) is 0 Å². The van der Waals surface area contributed by atoms with Crippen LogP contribution < -0.4 is 5.32 Å². The smallest absolute Gasteiger partial charge is 0.0772 e. The number of hydrogen-bond donors (Lipinski definition) is 2. The molecule has 3 rings (SSSR count). The van der Waals surface area contributed by atoms with Gasteiger partial charge in [0.25, 0.3) is 0 Å². The van der Waals surface area contributed by atoms with Gasteiger partial charge >= 0.3 is 0 Å². The summed E-state index contributed by atoms with van der Waals surface area (Å²) in [5.41, 5.74) is -0.0165. The number of nitrogens with zero attached hydrogens (tertiary/aromatic N) is 1. The second-order valence-electron chi connectivity index (χ2n) is 8.26. The van der Waals surface area contributed by atoms with E-state index < -0.39 is 5.60 Å². The summed E-state index contributed by atoms with van der Waals surface area (Å²) in [6.45, 7) is 8.01. The van der Waals surface area contributed by atoms with Crippen molar-refractivity contribution in [1.82, 2.24) is 10.2 Å². The molecule has 20 heavy (non-hydrogen) atoms. The minimum absolute atomic E-state index is 0.430. The van der Waals surface area contributed by atoms with Gasteiger partial charge in [-0.15, -0.1) is 0 Å². The number of rotatable bonds is 3. The zero-order valence-electron chi connectivity index (χ0n) is 13.3. The summed E-state index contributed by atoms with van der Waals surface area (Å²) in [5, 5.41) is 14.5. The van der Waals surface area contributed by atoms with Crippen molar-refractivity contribution in [3.63, 3.8) is 0 Å². The Bertz CT molecular complexity index is 332. The van der Waals surface area contributed by atoms with Crippen molar-refractivity contribution in [3.05, 3.63) is 0 Å². The zero-order chi connectivity index (χ0) is 14.2. The Kier molecular flexibility index (Phi) is 4.13. The van der Waals surface area contributed by atoms with Crippen LogP contribution in [0.5, 0.6) is 0 Å². The van der Waals surface area contributed by atoms with Crippen molar-refractivity contribution in [1.29, 1.82) is 0 Å². The van der Waals surface area contributed by atoms with Crippen LogP contribution in [0.25, 0.3) is 0 Å². The molecule has 116 valence electrons. The molecule has 2 unspecified atom stereocenters. The number of nitrogens with one attached hydrogen (secondary N) is 1. The molecule has 0 bridgehead atoms. The quantitative estimate of drug-likeness (QED) is 0.834. The van der Waals surface area contributed by atoms with Gasteiger partial charge in [0.05, 0.1) is 5.60 Å². The Balaban J connectivity index is 1.49. The molecule has 2 heterocycles. The SMILES string of the molecule is CC1(C)CCC(O)(CNC2CCN3CCCCC23)CC1. The molecule has 2 atom stereocenters. The molecule has 1 aliphatic carbocycles. The van der Waals surface area contributed by atoms with Crippen molar-refractivity contribution in [3.8, 4) is 0 Å². The third kappa shape index (κ3) is 3.20. The largest absolute Gasteiger partial charge is 0.389 e. The molecular weight excluding hydrogens is 248 g/mol. The maximum Gasteiger partial charge on any atom is 0.0772 e. The third-order valence-corrected chi connectivity index (χ3v) is 6.08. The van der Waals surface area contributed by atoms with Crippen LogP contribution in [0.2, 0.25) is 0 Å². The van der Waals surface area contributed by atoms with E-state index in [0.717, 1.165) is 38.3 Å². The lowest BCUT2D eigenvalue weighted by molar-refractivity contribution is -0.0269. The molecule has 2 aliphatic heterocycles. The van der Waals surface area contributed by atoms with Crippen molar-refractivity contribution in [2.45, 2.75) is 82.9 Å². The minimum atomic E-state index is -0.447. The fraction of sp³-hybridized carbons (Fsp3) is 1.00. The molecule has 3 heteroatoms. The Hall–Kier alpha value is -0.120. The lowest BCUT2D eigenvalue weighted by atomic mass is 9.71. The van der Waals surface area contributed by atoms with Crippen molar-refractivity contribution in [2.24, 2.45) is 5.41 Å². The van der Waals surface area contributed by atoms with E-state index in [2.05, 4.69) is 24.1 Å². The average molecular weight is 280 g/mol. The van der Waals surface area contributed by atoms with Crippen LogP contribution in [-0.4, -0.2) is 47.3 Å². The van der Waals surface area contributed by atoms with E-state index in [1.54, 1.807) is 0 Å². The molecular formula is C17H32N2O. The van der Waals surface area contributed by atoms with Crippen LogP contribution in [0.4, 0.5) is 0 Å². The highest BCUT2D eigenvalue weighted by atomic mass is 16.3. The highest BCUT2D eigenvalue weighted by molar-refractivity contribution is 4.97. The molecule has 3 nitrogen and oxygen atoms in total.